The Labute approximate surface area is 158 Å². The molecule has 0 aliphatic carbocycles. The summed E-state index contributed by atoms with van der Waals surface area (Å²) in [6.45, 7) is 13.4. The molecule has 0 aromatic heterocycles. The number of ether oxygens (including phenoxy) is 2. The predicted molar refractivity (Wildman–Crippen MR) is 102 cm³/mol. The van der Waals surface area contributed by atoms with Crippen molar-refractivity contribution in [2.24, 2.45) is 17.8 Å². The maximum absolute atomic E-state index is 13.1. The molecule has 3 unspecified atom stereocenters. The van der Waals surface area contributed by atoms with Crippen molar-refractivity contribution in [3.05, 3.63) is 0 Å². The first kappa shape index (κ1) is 23.4. The molecule has 0 spiro atoms. The van der Waals surface area contributed by atoms with E-state index in [2.05, 4.69) is 19.6 Å². The molecule has 0 bridgehead atoms. The first-order valence-corrected chi connectivity index (χ1v) is 11.2. The fraction of sp³-hybridized carbons (Fsp3) is 1.00. The summed E-state index contributed by atoms with van der Waals surface area (Å²) in [5.74, 6) is 1.38. The average Bonchev–Trinajstić information content (AvgIpc) is 2.55. The molecule has 1 rings (SSSR count). The maximum Gasteiger partial charge on any atom is 0.475 e. The van der Waals surface area contributed by atoms with Crippen molar-refractivity contribution in [1.82, 2.24) is 0 Å². The van der Waals surface area contributed by atoms with Crippen molar-refractivity contribution in [3.63, 3.8) is 0 Å². The highest BCUT2D eigenvalue weighted by Gasteiger charge is 2.40. The standard InChI is InChI=1S/C17H35O6PS/c1-12(2)17(13(3)4)23-24(18,20-8-7-19-9-10-25)21-11-16-14(5)15(6)22-16/h12-17,25H,7-11H2,1-6H3/t14?,15?,16-,24?/m1/s1. The van der Waals surface area contributed by atoms with Gasteiger partial charge in [0, 0.05) is 11.7 Å². The van der Waals surface area contributed by atoms with Crippen molar-refractivity contribution in [1.29, 1.82) is 0 Å². The summed E-state index contributed by atoms with van der Waals surface area (Å²) < 4.78 is 41.0. The van der Waals surface area contributed by atoms with E-state index in [0.29, 0.717) is 24.9 Å². The highest BCUT2D eigenvalue weighted by molar-refractivity contribution is 7.80. The molecule has 1 fully saturated rings. The second kappa shape index (κ2) is 11.3. The average molecular weight is 399 g/mol. The Bertz CT molecular complexity index is 412. The molecule has 0 aromatic carbocycles. The normalized spacial score (nSPS) is 26.2. The number of phosphoric acid groups is 1. The quantitative estimate of drug-likeness (QED) is 0.285. The third-order valence-electron chi connectivity index (χ3n) is 4.39. The van der Waals surface area contributed by atoms with Gasteiger partial charge in [-0.15, -0.1) is 0 Å². The molecule has 1 heterocycles. The van der Waals surface area contributed by atoms with Gasteiger partial charge < -0.3 is 9.47 Å². The van der Waals surface area contributed by atoms with Crippen LogP contribution in [0.15, 0.2) is 0 Å². The van der Waals surface area contributed by atoms with Gasteiger partial charge in [-0.05, 0) is 18.8 Å². The molecule has 0 N–H and O–H groups in total. The lowest BCUT2D eigenvalue weighted by Crippen LogP contribution is -2.47. The smallest absolute Gasteiger partial charge is 0.378 e. The number of hydrogen-bond donors (Lipinski definition) is 1. The molecule has 150 valence electrons. The SMILES string of the molecule is CC(C)C(OP(=O)(OCCOCCS)OC[C@H]1OC(C)C1C)C(C)C. The second-order valence-corrected chi connectivity index (χ2v) is 9.28. The van der Waals surface area contributed by atoms with Gasteiger partial charge in [0.15, 0.2) is 0 Å². The molecule has 25 heavy (non-hydrogen) atoms. The minimum atomic E-state index is -3.69. The molecule has 0 aromatic rings. The van der Waals surface area contributed by atoms with Crippen LogP contribution in [0.4, 0.5) is 0 Å². The van der Waals surface area contributed by atoms with Crippen molar-refractivity contribution < 1.29 is 27.6 Å². The lowest BCUT2D eigenvalue weighted by Gasteiger charge is -2.41. The van der Waals surface area contributed by atoms with Gasteiger partial charge in [0.2, 0.25) is 0 Å². The summed E-state index contributed by atoms with van der Waals surface area (Å²) in [6, 6.07) is 0. The summed E-state index contributed by atoms with van der Waals surface area (Å²) in [4.78, 5) is 0. The van der Waals surface area contributed by atoms with Crippen molar-refractivity contribution in [3.8, 4) is 0 Å². The summed E-state index contributed by atoms with van der Waals surface area (Å²) in [5.41, 5.74) is 0. The number of phosphoric ester groups is 1. The van der Waals surface area contributed by atoms with E-state index < -0.39 is 7.82 Å². The Morgan fingerprint density at radius 3 is 2.16 bits per heavy atom. The number of hydrogen-bond acceptors (Lipinski definition) is 7. The van der Waals surface area contributed by atoms with E-state index in [1.165, 1.54) is 0 Å². The van der Waals surface area contributed by atoms with E-state index in [1.807, 2.05) is 34.6 Å². The number of rotatable bonds is 13. The summed E-state index contributed by atoms with van der Waals surface area (Å²) >= 11 is 4.07. The van der Waals surface area contributed by atoms with Crippen LogP contribution in [0.3, 0.4) is 0 Å². The zero-order chi connectivity index (χ0) is 19.0. The van der Waals surface area contributed by atoms with Gasteiger partial charge in [-0.3, -0.25) is 13.6 Å². The molecule has 4 atom stereocenters. The maximum atomic E-state index is 13.1. The van der Waals surface area contributed by atoms with Crippen molar-refractivity contribution in [2.75, 3.05) is 32.2 Å². The fourth-order valence-electron chi connectivity index (χ4n) is 2.73. The van der Waals surface area contributed by atoms with Crippen LogP contribution in [-0.2, 0) is 27.6 Å². The van der Waals surface area contributed by atoms with Crippen LogP contribution in [0.2, 0.25) is 0 Å². The Balaban J connectivity index is 2.62. The van der Waals surface area contributed by atoms with Gasteiger partial charge in [0.1, 0.15) is 0 Å². The molecule has 8 heteroatoms. The summed E-state index contributed by atoms with van der Waals surface area (Å²) in [5, 5.41) is 0. The highest BCUT2D eigenvalue weighted by Crippen LogP contribution is 2.53. The minimum Gasteiger partial charge on any atom is -0.378 e. The second-order valence-electron chi connectivity index (χ2n) is 7.21. The molecule has 1 aliphatic rings. The molecule has 6 nitrogen and oxygen atoms in total. The van der Waals surface area contributed by atoms with Crippen LogP contribution in [0.5, 0.6) is 0 Å². The van der Waals surface area contributed by atoms with Gasteiger partial charge in [0.25, 0.3) is 0 Å². The van der Waals surface area contributed by atoms with E-state index in [1.54, 1.807) is 0 Å². The van der Waals surface area contributed by atoms with Crippen LogP contribution in [0, 0.1) is 17.8 Å². The minimum absolute atomic E-state index is 0.0764. The Morgan fingerprint density at radius 2 is 1.68 bits per heavy atom. The van der Waals surface area contributed by atoms with E-state index in [9.17, 15) is 4.57 Å². The third kappa shape index (κ3) is 7.87. The van der Waals surface area contributed by atoms with Gasteiger partial charge >= 0.3 is 7.82 Å². The largest absolute Gasteiger partial charge is 0.475 e. The summed E-state index contributed by atoms with van der Waals surface area (Å²) in [6.07, 6.45) is -0.0983. The molecule has 1 aliphatic heterocycles. The zero-order valence-electron chi connectivity index (χ0n) is 16.3. The first-order chi connectivity index (χ1) is 11.7. The van der Waals surface area contributed by atoms with E-state index in [0.717, 1.165) is 0 Å². The molecule has 0 amide bonds. The first-order valence-electron chi connectivity index (χ1n) is 9.11. The Morgan fingerprint density at radius 1 is 1.04 bits per heavy atom. The van der Waals surface area contributed by atoms with E-state index >= 15 is 0 Å². The van der Waals surface area contributed by atoms with E-state index in [4.69, 9.17) is 23.0 Å². The third-order valence-corrected chi connectivity index (χ3v) is 6.04. The van der Waals surface area contributed by atoms with Gasteiger partial charge in [0.05, 0.1) is 44.7 Å². The Kier molecular flexibility index (Phi) is 10.6. The molecule has 0 saturated carbocycles. The lowest BCUT2D eigenvalue weighted by molar-refractivity contribution is -0.182. The number of thiol groups is 1. The molecule has 1 saturated heterocycles. The van der Waals surface area contributed by atoms with Crippen LogP contribution in [0.25, 0.3) is 0 Å². The summed E-state index contributed by atoms with van der Waals surface area (Å²) in [7, 11) is -3.69. The van der Waals surface area contributed by atoms with Gasteiger partial charge in [-0.1, -0.05) is 34.6 Å². The van der Waals surface area contributed by atoms with Crippen LogP contribution in [0.1, 0.15) is 41.5 Å². The van der Waals surface area contributed by atoms with Crippen LogP contribution < -0.4 is 0 Å². The topological polar surface area (TPSA) is 63.2 Å². The van der Waals surface area contributed by atoms with E-state index in [-0.39, 0.29) is 43.4 Å². The molecule has 0 radical (unpaired) electrons. The highest BCUT2D eigenvalue weighted by atomic mass is 32.1. The van der Waals surface area contributed by atoms with Crippen molar-refractivity contribution in [2.45, 2.75) is 59.9 Å². The Hall–Kier alpha value is 0.380. The van der Waals surface area contributed by atoms with Gasteiger partial charge in [-0.2, -0.15) is 12.6 Å². The lowest BCUT2D eigenvalue weighted by atomic mass is 9.93. The molecular formula is C17H35O6PS. The van der Waals surface area contributed by atoms with Crippen LogP contribution in [-0.4, -0.2) is 50.5 Å². The van der Waals surface area contributed by atoms with Crippen LogP contribution >= 0.6 is 20.5 Å². The predicted octanol–water partition coefficient (Wildman–Crippen LogP) is 4.19. The monoisotopic (exact) mass is 398 g/mol. The van der Waals surface area contributed by atoms with Gasteiger partial charge in [-0.25, -0.2) is 4.57 Å². The molecular weight excluding hydrogens is 363 g/mol. The zero-order valence-corrected chi connectivity index (χ0v) is 18.1. The van der Waals surface area contributed by atoms with Crippen molar-refractivity contribution >= 4 is 20.5 Å². The fourth-order valence-corrected chi connectivity index (χ4v) is 4.47.